The summed E-state index contributed by atoms with van der Waals surface area (Å²) in [6.45, 7) is 1.20. The summed E-state index contributed by atoms with van der Waals surface area (Å²) in [7, 11) is -3.74. The van der Waals surface area contributed by atoms with Crippen LogP contribution < -0.4 is 5.32 Å². The number of hydrogen-bond acceptors (Lipinski definition) is 5. The van der Waals surface area contributed by atoms with Crippen molar-refractivity contribution in [1.29, 1.82) is 0 Å². The molecule has 0 aliphatic carbocycles. The molecule has 39 heavy (non-hydrogen) atoms. The zero-order valence-corrected chi connectivity index (χ0v) is 23.1. The number of nitrogens with zero attached hydrogens (tertiary/aromatic N) is 4. The number of para-hydroxylation sites is 1. The Hall–Kier alpha value is -3.38. The Morgan fingerprint density at radius 1 is 1.05 bits per heavy atom. The summed E-state index contributed by atoms with van der Waals surface area (Å²) in [5.41, 5.74) is 1.59. The highest BCUT2D eigenvalue weighted by atomic mass is 35.5. The van der Waals surface area contributed by atoms with Crippen molar-refractivity contribution in [2.75, 3.05) is 18.4 Å². The molecule has 2 heterocycles. The Balaban J connectivity index is 1.56. The predicted molar refractivity (Wildman–Crippen MR) is 154 cm³/mol. The summed E-state index contributed by atoms with van der Waals surface area (Å²) in [5, 5.41) is 22.9. The first-order valence-corrected chi connectivity index (χ1v) is 14.5. The zero-order chi connectivity index (χ0) is 27.6. The van der Waals surface area contributed by atoms with E-state index in [4.69, 9.17) is 23.8 Å². The molecule has 8 nitrogen and oxygen atoms in total. The van der Waals surface area contributed by atoms with Crippen LogP contribution in [0.5, 0.6) is 5.88 Å². The number of aromatic hydroxyl groups is 1. The van der Waals surface area contributed by atoms with Gasteiger partial charge in [0.1, 0.15) is 5.82 Å². The smallest absolute Gasteiger partial charge is 0.243 e. The van der Waals surface area contributed by atoms with Gasteiger partial charge in [0.25, 0.3) is 0 Å². The summed E-state index contributed by atoms with van der Waals surface area (Å²) < 4.78 is 43.9. The number of piperidine rings is 1. The Labute approximate surface area is 235 Å². The van der Waals surface area contributed by atoms with Crippen molar-refractivity contribution in [1.82, 2.24) is 8.87 Å². The van der Waals surface area contributed by atoms with E-state index in [1.807, 2.05) is 12.1 Å². The minimum Gasteiger partial charge on any atom is -0.493 e. The highest BCUT2D eigenvalue weighted by Gasteiger charge is 2.27. The lowest BCUT2D eigenvalue weighted by molar-refractivity contribution is 0.346. The SMILES string of the molecule is O=S(=O)(c1ccc2c(c1)c(N=NC(=S)Nc1ccccc1F)c(O)n2Cc1ccc(Cl)cc1)N1CCCCC1. The van der Waals surface area contributed by atoms with Crippen LogP contribution in [0.1, 0.15) is 24.8 Å². The molecule has 0 atom stereocenters. The average Bonchev–Trinajstić information content (AvgIpc) is 3.20. The number of benzene rings is 3. The van der Waals surface area contributed by atoms with Gasteiger partial charge in [-0.05, 0) is 73.1 Å². The van der Waals surface area contributed by atoms with Gasteiger partial charge in [-0.2, -0.15) is 4.31 Å². The summed E-state index contributed by atoms with van der Waals surface area (Å²) in [4.78, 5) is 0.101. The summed E-state index contributed by atoms with van der Waals surface area (Å²) in [6, 6.07) is 17.8. The largest absolute Gasteiger partial charge is 0.493 e. The van der Waals surface area contributed by atoms with Crippen molar-refractivity contribution >= 4 is 61.2 Å². The lowest BCUT2D eigenvalue weighted by Gasteiger charge is -2.25. The lowest BCUT2D eigenvalue weighted by atomic mass is 10.2. The van der Waals surface area contributed by atoms with E-state index >= 15 is 0 Å². The van der Waals surface area contributed by atoms with Crippen molar-refractivity contribution < 1.29 is 17.9 Å². The average molecular weight is 586 g/mol. The number of anilines is 1. The highest BCUT2D eigenvalue weighted by Crippen LogP contribution is 2.41. The van der Waals surface area contributed by atoms with Gasteiger partial charge in [-0.1, -0.05) is 42.3 Å². The van der Waals surface area contributed by atoms with Gasteiger partial charge in [-0.25, -0.2) is 12.8 Å². The zero-order valence-electron chi connectivity index (χ0n) is 20.7. The first-order chi connectivity index (χ1) is 18.7. The van der Waals surface area contributed by atoms with E-state index in [1.165, 1.54) is 28.6 Å². The van der Waals surface area contributed by atoms with Crippen LogP contribution in [0.25, 0.3) is 10.9 Å². The Kier molecular flexibility index (Phi) is 7.94. The number of fused-ring (bicyclic) bond motifs is 1. The van der Waals surface area contributed by atoms with Gasteiger partial charge in [0.05, 0.1) is 22.6 Å². The van der Waals surface area contributed by atoms with Crippen molar-refractivity contribution in [3.8, 4) is 5.88 Å². The Morgan fingerprint density at radius 2 is 1.77 bits per heavy atom. The van der Waals surface area contributed by atoms with Crippen LogP contribution in [0, 0.1) is 5.82 Å². The normalized spacial score (nSPS) is 14.7. The standard InChI is InChI=1S/C27H25ClFN5O3S2/c28-19-10-8-18(9-11-19)17-34-24-13-12-20(39(36,37)33-14-4-1-5-15-33)16-21(24)25(26(34)35)31-32-27(38)30-23-7-3-2-6-22(23)29/h2-3,6-13,16,35H,1,4-5,14-15,17H2,(H,30,38). The summed E-state index contributed by atoms with van der Waals surface area (Å²) >= 11 is 11.2. The predicted octanol–water partition coefficient (Wildman–Crippen LogP) is 6.84. The van der Waals surface area contributed by atoms with E-state index < -0.39 is 15.8 Å². The number of halogens is 2. The van der Waals surface area contributed by atoms with Crippen LogP contribution >= 0.6 is 23.8 Å². The molecule has 0 radical (unpaired) electrons. The molecule has 5 rings (SSSR count). The van der Waals surface area contributed by atoms with E-state index in [2.05, 4.69) is 15.5 Å². The number of aromatic nitrogens is 1. The fourth-order valence-corrected chi connectivity index (χ4v) is 6.37. The molecule has 2 N–H and O–H groups in total. The van der Waals surface area contributed by atoms with Gasteiger partial charge < -0.3 is 15.0 Å². The number of hydrogen-bond donors (Lipinski definition) is 2. The van der Waals surface area contributed by atoms with E-state index in [0.29, 0.717) is 29.0 Å². The van der Waals surface area contributed by atoms with Crippen molar-refractivity contribution in [3.63, 3.8) is 0 Å². The van der Waals surface area contributed by atoms with Crippen LogP contribution in [-0.4, -0.2) is 40.6 Å². The van der Waals surface area contributed by atoms with E-state index in [-0.39, 0.29) is 33.8 Å². The van der Waals surface area contributed by atoms with Gasteiger partial charge in [0.2, 0.25) is 21.0 Å². The molecule has 1 fully saturated rings. The molecule has 1 aromatic heterocycles. The van der Waals surface area contributed by atoms with E-state index in [9.17, 15) is 17.9 Å². The van der Waals surface area contributed by atoms with Crippen LogP contribution in [0.2, 0.25) is 5.02 Å². The van der Waals surface area contributed by atoms with Crippen LogP contribution in [0.15, 0.2) is 81.9 Å². The number of azo groups is 1. The van der Waals surface area contributed by atoms with Gasteiger partial charge in [-0.15, -0.1) is 10.2 Å². The first-order valence-electron chi connectivity index (χ1n) is 12.3. The van der Waals surface area contributed by atoms with Gasteiger partial charge in [0.15, 0.2) is 5.69 Å². The maximum absolute atomic E-state index is 14.0. The van der Waals surface area contributed by atoms with Crippen LogP contribution in [-0.2, 0) is 16.6 Å². The summed E-state index contributed by atoms with van der Waals surface area (Å²) in [6.07, 6.45) is 2.62. The number of nitrogens with one attached hydrogen (secondary N) is 1. The molecule has 12 heteroatoms. The molecule has 1 aliphatic heterocycles. The van der Waals surface area contributed by atoms with E-state index in [1.54, 1.807) is 34.9 Å². The highest BCUT2D eigenvalue weighted by molar-refractivity contribution is 7.89. The second kappa shape index (κ2) is 11.4. The topological polar surface area (TPSA) is 99.3 Å². The number of sulfonamides is 1. The maximum atomic E-state index is 14.0. The second-order valence-electron chi connectivity index (χ2n) is 9.14. The monoisotopic (exact) mass is 585 g/mol. The molecule has 1 aliphatic rings. The quantitative estimate of drug-likeness (QED) is 0.191. The molecule has 0 amide bonds. The molecule has 0 bridgehead atoms. The van der Waals surface area contributed by atoms with Crippen molar-refractivity contribution in [2.45, 2.75) is 30.7 Å². The Morgan fingerprint density at radius 3 is 2.49 bits per heavy atom. The third kappa shape index (κ3) is 5.81. The third-order valence-corrected chi connectivity index (χ3v) is 8.87. The molecule has 3 aromatic carbocycles. The molecule has 4 aromatic rings. The molecular formula is C27H25ClFN5O3S2. The molecular weight excluding hydrogens is 561 g/mol. The lowest BCUT2D eigenvalue weighted by Crippen LogP contribution is -2.35. The van der Waals surface area contributed by atoms with Crippen molar-refractivity contribution in [3.05, 3.63) is 83.1 Å². The minimum atomic E-state index is -3.74. The van der Waals surface area contributed by atoms with Gasteiger partial charge >= 0.3 is 0 Å². The first kappa shape index (κ1) is 27.2. The number of thiocarbonyl (C=S) groups is 1. The Bertz CT molecular complexity index is 1670. The molecule has 0 unspecified atom stereocenters. The van der Waals surface area contributed by atoms with Gasteiger partial charge in [-0.3, -0.25) is 0 Å². The maximum Gasteiger partial charge on any atom is 0.243 e. The minimum absolute atomic E-state index is 0.0485. The molecule has 202 valence electrons. The van der Waals surface area contributed by atoms with Crippen molar-refractivity contribution in [2.24, 2.45) is 10.2 Å². The van der Waals surface area contributed by atoms with Crippen LogP contribution in [0.4, 0.5) is 15.8 Å². The van der Waals surface area contributed by atoms with Gasteiger partial charge in [0, 0.05) is 23.5 Å². The molecule has 0 saturated carbocycles. The van der Waals surface area contributed by atoms with E-state index in [0.717, 1.165) is 24.8 Å². The fourth-order valence-electron chi connectivity index (χ4n) is 4.55. The fraction of sp³-hybridized carbons (Fsp3) is 0.222. The van der Waals surface area contributed by atoms with Crippen LogP contribution in [0.3, 0.4) is 0 Å². The number of rotatable bonds is 6. The molecule has 0 spiro atoms. The molecule has 1 saturated heterocycles. The third-order valence-electron chi connectivity index (χ3n) is 6.54. The summed E-state index contributed by atoms with van der Waals surface area (Å²) in [5.74, 6) is -0.727. The second-order valence-corrected chi connectivity index (χ2v) is 11.9.